The fourth-order valence-electron chi connectivity index (χ4n) is 2.59. The van der Waals surface area contributed by atoms with E-state index in [1.165, 1.54) is 12.1 Å². The predicted octanol–water partition coefficient (Wildman–Crippen LogP) is 1.91. The van der Waals surface area contributed by atoms with E-state index in [1.807, 2.05) is 0 Å². The number of benzene rings is 1. The molecule has 2 fully saturated rings. The van der Waals surface area contributed by atoms with Gasteiger partial charge in [-0.1, -0.05) is 6.07 Å². The molecule has 1 aromatic rings. The van der Waals surface area contributed by atoms with E-state index in [2.05, 4.69) is 4.90 Å². The number of rotatable bonds is 2. The first kappa shape index (κ1) is 12.0. The second-order valence-electron chi connectivity index (χ2n) is 4.82. The van der Waals surface area contributed by atoms with Crippen LogP contribution in [0.2, 0.25) is 0 Å². The number of hydrogen-bond acceptors (Lipinski definition) is 3. The van der Waals surface area contributed by atoms with Gasteiger partial charge in [-0.25, -0.2) is 8.78 Å². The van der Waals surface area contributed by atoms with Crippen molar-refractivity contribution in [2.45, 2.75) is 18.8 Å². The molecule has 0 N–H and O–H groups in total. The molecule has 0 amide bonds. The lowest BCUT2D eigenvalue weighted by Gasteiger charge is -2.22. The monoisotopic (exact) mass is 255 g/mol. The number of ether oxygens (including phenoxy) is 2. The van der Waals surface area contributed by atoms with E-state index in [1.54, 1.807) is 6.07 Å². The molecule has 2 aliphatic rings. The van der Waals surface area contributed by atoms with Gasteiger partial charge < -0.3 is 9.47 Å². The highest BCUT2D eigenvalue weighted by atomic mass is 19.2. The Balaban J connectivity index is 1.65. The highest BCUT2D eigenvalue weighted by Gasteiger charge is 2.43. The fourth-order valence-corrected chi connectivity index (χ4v) is 2.59. The zero-order valence-corrected chi connectivity index (χ0v) is 9.99. The molecule has 1 spiro atoms. The Morgan fingerprint density at radius 1 is 1.17 bits per heavy atom. The summed E-state index contributed by atoms with van der Waals surface area (Å²) < 4.78 is 37.2. The molecule has 0 aliphatic carbocycles. The third-order valence-corrected chi connectivity index (χ3v) is 3.48. The molecule has 5 heteroatoms. The fraction of sp³-hybridized carbons (Fsp3) is 0.538. The summed E-state index contributed by atoms with van der Waals surface area (Å²) in [5.74, 6) is -2.06. The van der Waals surface area contributed by atoms with E-state index in [0.29, 0.717) is 26.3 Å². The molecule has 0 bridgehead atoms. The molecule has 2 heterocycles. The van der Waals surface area contributed by atoms with Gasteiger partial charge in [0.1, 0.15) is 0 Å². The third-order valence-electron chi connectivity index (χ3n) is 3.48. The van der Waals surface area contributed by atoms with Crippen molar-refractivity contribution >= 4 is 0 Å². The van der Waals surface area contributed by atoms with Crippen LogP contribution in [0.3, 0.4) is 0 Å². The summed E-state index contributed by atoms with van der Waals surface area (Å²) >= 11 is 0. The van der Waals surface area contributed by atoms with Crippen molar-refractivity contribution in [3.05, 3.63) is 35.4 Å². The summed E-state index contributed by atoms with van der Waals surface area (Å²) in [4.78, 5) is 2.14. The predicted molar refractivity (Wildman–Crippen MR) is 60.9 cm³/mol. The van der Waals surface area contributed by atoms with Gasteiger partial charge in [-0.15, -0.1) is 0 Å². The van der Waals surface area contributed by atoms with Crippen LogP contribution in [-0.4, -0.2) is 37.0 Å². The normalized spacial score (nSPS) is 23.0. The molecule has 2 saturated heterocycles. The van der Waals surface area contributed by atoms with E-state index in [4.69, 9.17) is 9.47 Å². The smallest absolute Gasteiger partial charge is 0.182 e. The lowest BCUT2D eigenvalue weighted by atomic mass is 10.2. The Morgan fingerprint density at radius 2 is 1.94 bits per heavy atom. The van der Waals surface area contributed by atoms with Crippen LogP contribution in [0, 0.1) is 11.6 Å². The van der Waals surface area contributed by atoms with E-state index in [-0.39, 0.29) is 0 Å². The standard InChI is InChI=1S/C13H15F2NO2/c14-11-2-1-10(7-12(11)15)8-16-4-3-13(9-16)17-5-6-18-13/h1-2,7H,3-6,8-9H2. The maximum absolute atomic E-state index is 13.1. The highest BCUT2D eigenvalue weighted by Crippen LogP contribution is 2.31. The molecule has 3 rings (SSSR count). The first-order valence-electron chi connectivity index (χ1n) is 6.11. The van der Waals surface area contributed by atoms with Crippen molar-refractivity contribution < 1.29 is 18.3 Å². The molecule has 18 heavy (non-hydrogen) atoms. The minimum atomic E-state index is -0.806. The summed E-state index contributed by atoms with van der Waals surface area (Å²) in [6.45, 7) is 3.40. The van der Waals surface area contributed by atoms with Crippen molar-refractivity contribution in [1.82, 2.24) is 4.90 Å². The quantitative estimate of drug-likeness (QED) is 0.806. The van der Waals surface area contributed by atoms with Crippen LogP contribution in [0.4, 0.5) is 8.78 Å². The van der Waals surface area contributed by atoms with E-state index >= 15 is 0 Å². The van der Waals surface area contributed by atoms with Gasteiger partial charge in [0, 0.05) is 19.5 Å². The van der Waals surface area contributed by atoms with Crippen LogP contribution in [0.25, 0.3) is 0 Å². The van der Waals surface area contributed by atoms with E-state index in [0.717, 1.165) is 18.5 Å². The first-order valence-corrected chi connectivity index (χ1v) is 6.11. The number of hydrogen-bond donors (Lipinski definition) is 0. The Bertz CT molecular complexity index is 447. The van der Waals surface area contributed by atoms with Crippen LogP contribution in [-0.2, 0) is 16.0 Å². The van der Waals surface area contributed by atoms with Crippen molar-refractivity contribution in [2.75, 3.05) is 26.3 Å². The van der Waals surface area contributed by atoms with Gasteiger partial charge in [0.2, 0.25) is 0 Å². The largest absolute Gasteiger partial charge is 0.346 e. The van der Waals surface area contributed by atoms with Crippen LogP contribution in [0.5, 0.6) is 0 Å². The van der Waals surface area contributed by atoms with Crippen molar-refractivity contribution in [3.8, 4) is 0 Å². The minimum Gasteiger partial charge on any atom is -0.346 e. The number of likely N-dealkylation sites (tertiary alicyclic amines) is 1. The van der Waals surface area contributed by atoms with Gasteiger partial charge in [0.05, 0.1) is 19.8 Å². The Kier molecular flexibility index (Phi) is 3.05. The maximum Gasteiger partial charge on any atom is 0.182 e. The molecule has 2 aliphatic heterocycles. The van der Waals surface area contributed by atoms with Crippen LogP contribution < -0.4 is 0 Å². The molecule has 0 saturated carbocycles. The van der Waals surface area contributed by atoms with Crippen molar-refractivity contribution in [2.24, 2.45) is 0 Å². The molecule has 98 valence electrons. The topological polar surface area (TPSA) is 21.7 Å². The second-order valence-corrected chi connectivity index (χ2v) is 4.82. The zero-order valence-electron chi connectivity index (χ0n) is 9.99. The lowest BCUT2D eigenvalue weighted by Crippen LogP contribution is -2.34. The number of nitrogens with zero attached hydrogens (tertiary/aromatic N) is 1. The Hall–Kier alpha value is -1.04. The highest BCUT2D eigenvalue weighted by molar-refractivity contribution is 5.18. The Labute approximate surface area is 104 Å². The summed E-state index contributed by atoms with van der Waals surface area (Å²) in [5, 5.41) is 0. The summed E-state index contributed by atoms with van der Waals surface area (Å²) in [6.07, 6.45) is 0.830. The first-order chi connectivity index (χ1) is 8.67. The summed E-state index contributed by atoms with van der Waals surface area (Å²) in [6, 6.07) is 4.02. The van der Waals surface area contributed by atoms with E-state index < -0.39 is 17.4 Å². The Morgan fingerprint density at radius 3 is 2.67 bits per heavy atom. The van der Waals surface area contributed by atoms with Gasteiger partial charge >= 0.3 is 0 Å². The average Bonchev–Trinajstić information content (AvgIpc) is 2.96. The SMILES string of the molecule is Fc1ccc(CN2CCC3(C2)OCCO3)cc1F. The average molecular weight is 255 g/mol. The molecule has 0 atom stereocenters. The zero-order chi connectivity index (χ0) is 12.6. The molecular formula is C13H15F2NO2. The molecule has 0 unspecified atom stereocenters. The molecule has 0 aromatic heterocycles. The molecular weight excluding hydrogens is 240 g/mol. The minimum absolute atomic E-state index is 0.460. The molecule has 3 nitrogen and oxygen atoms in total. The molecule has 1 aromatic carbocycles. The van der Waals surface area contributed by atoms with Crippen LogP contribution >= 0.6 is 0 Å². The van der Waals surface area contributed by atoms with Gasteiger partial charge in [0.15, 0.2) is 17.4 Å². The third kappa shape index (κ3) is 2.25. The van der Waals surface area contributed by atoms with E-state index in [9.17, 15) is 8.78 Å². The van der Waals surface area contributed by atoms with Gasteiger partial charge in [0.25, 0.3) is 0 Å². The van der Waals surface area contributed by atoms with Crippen LogP contribution in [0.1, 0.15) is 12.0 Å². The van der Waals surface area contributed by atoms with Crippen LogP contribution in [0.15, 0.2) is 18.2 Å². The second kappa shape index (κ2) is 4.57. The summed E-state index contributed by atoms with van der Waals surface area (Å²) in [7, 11) is 0. The lowest BCUT2D eigenvalue weighted by molar-refractivity contribution is -0.145. The van der Waals surface area contributed by atoms with Gasteiger partial charge in [-0.2, -0.15) is 0 Å². The van der Waals surface area contributed by atoms with Crippen molar-refractivity contribution in [1.29, 1.82) is 0 Å². The molecule has 0 radical (unpaired) electrons. The van der Waals surface area contributed by atoms with Gasteiger partial charge in [-0.3, -0.25) is 4.90 Å². The van der Waals surface area contributed by atoms with Crippen molar-refractivity contribution in [3.63, 3.8) is 0 Å². The number of halogens is 2. The van der Waals surface area contributed by atoms with Gasteiger partial charge in [-0.05, 0) is 17.7 Å². The summed E-state index contributed by atoms with van der Waals surface area (Å²) in [5.41, 5.74) is 0.768. The maximum atomic E-state index is 13.1.